The number of anilines is 1. The molecule has 0 saturated carbocycles. The third-order valence-corrected chi connectivity index (χ3v) is 4.87. The van der Waals surface area contributed by atoms with Crippen LogP contribution in [0.5, 0.6) is 0 Å². The zero-order valence-corrected chi connectivity index (χ0v) is 15.6. The summed E-state index contributed by atoms with van der Waals surface area (Å²) in [6.07, 6.45) is 3.99. The van der Waals surface area contributed by atoms with Crippen LogP contribution < -0.4 is 16.4 Å². The van der Waals surface area contributed by atoms with Crippen LogP contribution >= 0.6 is 24.8 Å². The van der Waals surface area contributed by atoms with Gasteiger partial charge in [0.15, 0.2) is 0 Å². The first-order chi connectivity index (χ1) is 11.1. The van der Waals surface area contributed by atoms with Crippen LogP contribution in [0.1, 0.15) is 29.6 Å². The number of halogens is 2. The van der Waals surface area contributed by atoms with Gasteiger partial charge in [-0.25, -0.2) is 4.98 Å². The molecule has 3 rings (SSSR count). The lowest BCUT2D eigenvalue weighted by atomic mass is 9.83. The van der Waals surface area contributed by atoms with Crippen molar-refractivity contribution >= 4 is 42.4 Å². The summed E-state index contributed by atoms with van der Waals surface area (Å²) in [5, 5.41) is 0. The Labute approximate surface area is 159 Å². The van der Waals surface area contributed by atoms with Crippen LogP contribution in [0.2, 0.25) is 0 Å². The predicted octanol–water partition coefficient (Wildman–Crippen LogP) is 0.800. The van der Waals surface area contributed by atoms with Gasteiger partial charge in [-0.15, -0.1) is 24.8 Å². The minimum absolute atomic E-state index is 0. The number of nitrogens with two attached hydrogens (primary N) is 2. The van der Waals surface area contributed by atoms with Gasteiger partial charge in [0.05, 0.1) is 5.56 Å². The first kappa shape index (κ1) is 21.5. The summed E-state index contributed by atoms with van der Waals surface area (Å²) in [6, 6.07) is 3.68. The van der Waals surface area contributed by atoms with E-state index in [1.54, 1.807) is 18.3 Å². The number of pyridine rings is 1. The van der Waals surface area contributed by atoms with Crippen LogP contribution in [0.3, 0.4) is 0 Å². The molecule has 0 radical (unpaired) electrons. The van der Waals surface area contributed by atoms with Gasteiger partial charge in [-0.3, -0.25) is 9.59 Å². The maximum atomic E-state index is 12.1. The molecule has 0 aliphatic carbocycles. The fourth-order valence-electron chi connectivity index (χ4n) is 3.81. The number of nitrogens with zero attached hydrogens (tertiary/aromatic N) is 3. The molecule has 2 amide bonds. The third kappa shape index (κ3) is 4.34. The number of piperidine rings is 2. The molecule has 140 valence electrons. The monoisotopic (exact) mass is 389 g/mol. The molecule has 1 aromatic rings. The number of rotatable bonds is 4. The fourth-order valence-corrected chi connectivity index (χ4v) is 3.81. The van der Waals surface area contributed by atoms with Crippen molar-refractivity contribution in [1.29, 1.82) is 0 Å². The minimum Gasteiger partial charge on any atom is -0.365 e. The molecule has 3 heterocycles. The summed E-state index contributed by atoms with van der Waals surface area (Å²) in [5.41, 5.74) is 11.6. The van der Waals surface area contributed by atoms with Gasteiger partial charge in [-0.2, -0.15) is 0 Å². The van der Waals surface area contributed by atoms with Gasteiger partial charge in [-0.05, 0) is 30.9 Å². The average Bonchev–Trinajstić information content (AvgIpc) is 2.57. The quantitative estimate of drug-likeness (QED) is 0.791. The van der Waals surface area contributed by atoms with Gasteiger partial charge in [0.2, 0.25) is 5.91 Å². The second kappa shape index (κ2) is 9.22. The van der Waals surface area contributed by atoms with E-state index in [4.69, 9.17) is 11.5 Å². The van der Waals surface area contributed by atoms with Crippen LogP contribution in [-0.4, -0.2) is 53.9 Å². The lowest BCUT2D eigenvalue weighted by Crippen LogP contribution is -2.57. The van der Waals surface area contributed by atoms with E-state index in [0.717, 1.165) is 25.9 Å². The van der Waals surface area contributed by atoms with E-state index in [0.29, 0.717) is 36.8 Å². The van der Waals surface area contributed by atoms with Crippen molar-refractivity contribution in [3.05, 3.63) is 23.9 Å². The number of carbonyl (C=O) groups excluding carboxylic acids is 2. The highest BCUT2D eigenvalue weighted by molar-refractivity contribution is 5.97. The summed E-state index contributed by atoms with van der Waals surface area (Å²) in [4.78, 5) is 32.2. The molecule has 2 aliphatic heterocycles. The number of amides is 2. The fraction of sp³-hybridized carbons (Fsp3) is 0.562. The van der Waals surface area contributed by atoms with Crippen molar-refractivity contribution in [3.8, 4) is 0 Å². The van der Waals surface area contributed by atoms with Crippen LogP contribution in [0.15, 0.2) is 18.3 Å². The molecule has 2 atom stereocenters. The van der Waals surface area contributed by atoms with Crippen LogP contribution in [-0.2, 0) is 4.79 Å². The molecule has 2 saturated heterocycles. The molecule has 7 nitrogen and oxygen atoms in total. The lowest BCUT2D eigenvalue weighted by Gasteiger charge is -2.47. The molecule has 4 N–H and O–H groups in total. The van der Waals surface area contributed by atoms with E-state index in [1.165, 1.54) is 0 Å². The van der Waals surface area contributed by atoms with Crippen molar-refractivity contribution in [2.75, 3.05) is 31.1 Å². The second-order valence-corrected chi connectivity index (χ2v) is 6.22. The first-order valence-corrected chi connectivity index (χ1v) is 8.11. The van der Waals surface area contributed by atoms with Crippen molar-refractivity contribution in [2.45, 2.75) is 25.3 Å². The summed E-state index contributed by atoms with van der Waals surface area (Å²) in [7, 11) is 0. The van der Waals surface area contributed by atoms with E-state index in [9.17, 15) is 9.59 Å². The summed E-state index contributed by atoms with van der Waals surface area (Å²) in [5.74, 6) is 0.788. The molecule has 2 fully saturated rings. The second-order valence-electron chi connectivity index (χ2n) is 6.22. The number of carbonyl (C=O) groups is 2. The Hall–Kier alpha value is -1.57. The smallest absolute Gasteiger partial charge is 0.252 e. The Morgan fingerprint density at radius 3 is 2.76 bits per heavy atom. The zero-order chi connectivity index (χ0) is 16.4. The number of fused-ring (bicyclic) bond motifs is 1. The molecule has 2 aliphatic rings. The number of aromatic nitrogens is 1. The standard InChI is InChI=1S/C16H23N5O2.2ClH/c17-6-9-21-13-5-8-20(10-11(13)3-4-14(21)22)16-12(15(18)23)2-1-7-19-16;;/h1-2,7,11,13H,3-6,8-10,17H2,(H2,18,23);2*1H/t11-,13+;;/m0../s1. The number of likely N-dealkylation sites (tertiary alicyclic amines) is 1. The highest BCUT2D eigenvalue weighted by atomic mass is 35.5. The van der Waals surface area contributed by atoms with E-state index < -0.39 is 5.91 Å². The van der Waals surface area contributed by atoms with Crippen molar-refractivity contribution in [2.24, 2.45) is 17.4 Å². The highest BCUT2D eigenvalue weighted by Gasteiger charge is 2.39. The van der Waals surface area contributed by atoms with Gasteiger partial charge in [0.1, 0.15) is 5.82 Å². The van der Waals surface area contributed by atoms with Crippen LogP contribution in [0.25, 0.3) is 0 Å². The van der Waals surface area contributed by atoms with Gasteiger partial charge < -0.3 is 21.3 Å². The van der Waals surface area contributed by atoms with Crippen LogP contribution in [0, 0.1) is 5.92 Å². The molecule has 0 bridgehead atoms. The van der Waals surface area contributed by atoms with Gasteiger partial charge in [0, 0.05) is 44.8 Å². The predicted molar refractivity (Wildman–Crippen MR) is 101 cm³/mol. The third-order valence-electron chi connectivity index (χ3n) is 4.87. The molecular weight excluding hydrogens is 365 g/mol. The van der Waals surface area contributed by atoms with Gasteiger partial charge in [-0.1, -0.05) is 0 Å². The molecule has 0 spiro atoms. The maximum Gasteiger partial charge on any atom is 0.252 e. The topological polar surface area (TPSA) is 106 Å². The Morgan fingerprint density at radius 2 is 2.08 bits per heavy atom. The van der Waals surface area contributed by atoms with Gasteiger partial charge >= 0.3 is 0 Å². The maximum absolute atomic E-state index is 12.1. The molecule has 25 heavy (non-hydrogen) atoms. The van der Waals surface area contributed by atoms with Crippen LogP contribution in [0.4, 0.5) is 5.82 Å². The van der Waals surface area contributed by atoms with E-state index in [2.05, 4.69) is 9.88 Å². The highest BCUT2D eigenvalue weighted by Crippen LogP contribution is 2.33. The van der Waals surface area contributed by atoms with Crippen molar-refractivity contribution in [3.63, 3.8) is 0 Å². The Balaban J connectivity index is 0.00000156. The van der Waals surface area contributed by atoms with Gasteiger partial charge in [0.25, 0.3) is 5.91 Å². The number of primary amides is 1. The Kier molecular flexibility index (Phi) is 7.92. The molecule has 0 unspecified atom stereocenters. The molecule has 0 aromatic carbocycles. The van der Waals surface area contributed by atoms with Crippen molar-refractivity contribution in [1.82, 2.24) is 9.88 Å². The number of hydrogen-bond donors (Lipinski definition) is 2. The summed E-state index contributed by atoms with van der Waals surface area (Å²) < 4.78 is 0. The SMILES string of the molecule is Cl.Cl.NCCN1C(=O)CC[C@H]2CN(c3ncccc3C(N)=O)CC[C@H]21. The minimum atomic E-state index is -0.459. The summed E-state index contributed by atoms with van der Waals surface area (Å²) >= 11 is 0. The number of hydrogen-bond acceptors (Lipinski definition) is 5. The lowest BCUT2D eigenvalue weighted by molar-refractivity contribution is -0.139. The average molecular weight is 390 g/mol. The normalized spacial score (nSPS) is 22.5. The molecule has 1 aromatic heterocycles. The Morgan fingerprint density at radius 1 is 1.32 bits per heavy atom. The first-order valence-electron chi connectivity index (χ1n) is 8.11. The molecular formula is C16H25Cl2N5O2. The Bertz CT molecular complexity index is 616. The van der Waals surface area contributed by atoms with E-state index in [-0.39, 0.29) is 36.8 Å². The molecule has 9 heteroatoms. The largest absolute Gasteiger partial charge is 0.365 e. The summed E-state index contributed by atoms with van der Waals surface area (Å²) in [6.45, 7) is 2.66. The van der Waals surface area contributed by atoms with Crippen molar-refractivity contribution < 1.29 is 9.59 Å². The van der Waals surface area contributed by atoms with E-state index in [1.807, 2.05) is 4.90 Å². The zero-order valence-electron chi connectivity index (χ0n) is 14.0. The van der Waals surface area contributed by atoms with E-state index >= 15 is 0 Å².